The van der Waals surface area contributed by atoms with Gasteiger partial charge in [0.05, 0.1) is 56.9 Å². The molecule has 16 nitrogen and oxygen atoms in total. The summed E-state index contributed by atoms with van der Waals surface area (Å²) in [5.41, 5.74) is 15.6. The van der Waals surface area contributed by atoms with Gasteiger partial charge in [0.25, 0.3) is 0 Å². The maximum atomic E-state index is 11.0. The Morgan fingerprint density at radius 1 is 0.860 bits per heavy atom. The summed E-state index contributed by atoms with van der Waals surface area (Å²) < 4.78 is 13.5. The summed E-state index contributed by atoms with van der Waals surface area (Å²) in [4.78, 5) is 45.9. The second-order valence-corrected chi connectivity index (χ2v) is 11.6. The van der Waals surface area contributed by atoms with Crippen LogP contribution in [0.5, 0.6) is 0 Å². The number of nitriles is 1. The Balaban J connectivity index is -0.000000124. The Morgan fingerprint density at radius 2 is 1.24 bits per heavy atom. The van der Waals surface area contributed by atoms with Crippen LogP contribution in [0.4, 0.5) is 0 Å². The van der Waals surface area contributed by atoms with Crippen LogP contribution >= 0.6 is 47.3 Å². The molecule has 0 aliphatic carbocycles. The molecule has 0 spiro atoms. The molecule has 0 aliphatic rings. The lowest BCUT2D eigenvalue weighted by atomic mass is 9.95. The van der Waals surface area contributed by atoms with Crippen molar-refractivity contribution in [3.8, 4) is 6.07 Å². The molecule has 0 aliphatic heterocycles. The smallest absolute Gasteiger partial charge is 0.315 e. The molecule has 0 amide bonds. The van der Waals surface area contributed by atoms with Gasteiger partial charge < -0.3 is 57.3 Å². The molecule has 284 valence electrons. The number of nitrogens with two attached hydrogens (primary N) is 3. The number of nitrogens with zero attached hydrogens (tertiary/aromatic N) is 2. The number of rotatable bonds is 21. The van der Waals surface area contributed by atoms with Crippen molar-refractivity contribution < 1.29 is 38.5 Å². The van der Waals surface area contributed by atoms with E-state index in [0.29, 0.717) is 37.6 Å². The minimum Gasteiger partial charge on any atom is -0.481 e. The van der Waals surface area contributed by atoms with Crippen LogP contribution in [0.25, 0.3) is 4.85 Å². The Kier molecular flexibility index (Phi) is 59.6. The van der Waals surface area contributed by atoms with E-state index in [-0.39, 0.29) is 37.2 Å². The summed E-state index contributed by atoms with van der Waals surface area (Å²) >= 11 is 8.10. The number of esters is 3. The molecule has 0 rings (SSSR count). The molecule has 24 heteroatoms. The van der Waals surface area contributed by atoms with Crippen molar-refractivity contribution in [2.75, 3.05) is 79.4 Å². The maximum Gasteiger partial charge on any atom is 0.315 e. The van der Waals surface area contributed by atoms with Gasteiger partial charge in [-0.2, -0.15) is 5.26 Å². The van der Waals surface area contributed by atoms with Gasteiger partial charge in [-0.1, -0.05) is 14.4 Å². The highest BCUT2D eigenvalue weighted by atomic mass is 32.2. The maximum absolute atomic E-state index is 11.0. The Labute approximate surface area is 320 Å². The van der Waals surface area contributed by atoms with Crippen LogP contribution in [0.2, 0.25) is 0 Å². The molecule has 0 bridgehead atoms. The zero-order valence-corrected chi connectivity index (χ0v) is 32.7. The molecule has 0 aromatic rings. The van der Waals surface area contributed by atoms with E-state index in [1.165, 1.54) is 69.3 Å². The molecule has 0 aromatic carbocycles. The number of likely N-dealkylation sites (N-methyl/N-ethyl adjacent to an activating group) is 3. The molecule has 4 unspecified atom stereocenters. The summed E-state index contributed by atoms with van der Waals surface area (Å²) in [7, 11) is 9.12. The van der Waals surface area contributed by atoms with Gasteiger partial charge in [-0.3, -0.25) is 19.2 Å². The second kappa shape index (κ2) is 49.4. The number of thiol groups is 1. The first-order valence-corrected chi connectivity index (χ1v) is 18.2. The average Bonchev–Trinajstić information content (AvgIpc) is 3.11. The molecule has 0 fully saturated rings. The number of hydrogen-bond acceptors (Lipinski definition) is 18. The van der Waals surface area contributed by atoms with Crippen molar-refractivity contribution >= 4 is 97.4 Å². The van der Waals surface area contributed by atoms with Crippen molar-refractivity contribution in [2.24, 2.45) is 17.2 Å². The highest BCUT2D eigenvalue weighted by Gasteiger charge is 2.18. The van der Waals surface area contributed by atoms with Gasteiger partial charge in [-0.05, 0) is 39.1 Å². The number of ether oxygens (including phenoxy) is 3. The molecule has 4 radical (unpaired) electrons. The molecule has 10 N–H and O–H groups in total. The summed E-state index contributed by atoms with van der Waals surface area (Å²) in [6.07, 6.45) is 1.68. The van der Waals surface area contributed by atoms with E-state index in [2.05, 4.69) is 47.5 Å². The molecule has 0 saturated heterocycles. The van der Waals surface area contributed by atoms with E-state index in [1.54, 1.807) is 34.3 Å². The van der Waals surface area contributed by atoms with Crippen molar-refractivity contribution in [2.45, 2.75) is 51.0 Å². The minimum atomic E-state index is -1.01. The molecule has 50 heavy (non-hydrogen) atoms. The van der Waals surface area contributed by atoms with E-state index in [4.69, 9.17) is 34.1 Å². The summed E-state index contributed by atoms with van der Waals surface area (Å²) in [5.74, 6) is -1.70. The first kappa shape index (κ1) is 60.4. The quantitative estimate of drug-likeness (QED) is 0.0171. The fourth-order valence-electron chi connectivity index (χ4n) is 2.02. The molecule has 4 atom stereocenters. The van der Waals surface area contributed by atoms with Crippen molar-refractivity contribution in [1.29, 1.82) is 5.26 Å². The number of methoxy groups -OCH3 is 3. The van der Waals surface area contributed by atoms with E-state index >= 15 is 0 Å². The fraction of sp³-hybridized carbons (Fsp3) is 0.769. The Morgan fingerprint density at radius 3 is 1.48 bits per heavy atom. The minimum absolute atomic E-state index is 0. The van der Waals surface area contributed by atoms with Crippen molar-refractivity contribution in [3.05, 3.63) is 11.4 Å². The summed E-state index contributed by atoms with van der Waals surface area (Å²) in [5, 5.41) is 24.4. The molecular weight excluding hydrogens is 724 g/mol. The van der Waals surface area contributed by atoms with E-state index in [0.717, 1.165) is 12.2 Å². The van der Waals surface area contributed by atoms with Crippen LogP contribution in [-0.2, 0) is 33.4 Å². The molecule has 0 aromatic heterocycles. The van der Waals surface area contributed by atoms with Crippen LogP contribution < -0.4 is 33.2 Å². The molecule has 0 saturated carbocycles. The monoisotopic (exact) mass is 780 g/mol. The first-order valence-electron chi connectivity index (χ1n) is 14.5. The van der Waals surface area contributed by atoms with Crippen molar-refractivity contribution in [1.82, 2.24) is 16.0 Å². The van der Waals surface area contributed by atoms with Gasteiger partial charge in [0.15, 0.2) is 0 Å². The van der Waals surface area contributed by atoms with E-state index < -0.39 is 17.9 Å². The van der Waals surface area contributed by atoms with Crippen LogP contribution in [0, 0.1) is 17.9 Å². The number of carboxylic acid groups (broad SMARTS) is 1. The lowest BCUT2D eigenvalue weighted by Crippen LogP contribution is -2.39. The van der Waals surface area contributed by atoms with Crippen molar-refractivity contribution in [3.63, 3.8) is 0 Å². The molecular formula is C26H56B4N8O8S4. The Hall–Kier alpha value is -1.72. The lowest BCUT2D eigenvalue weighted by molar-refractivity contribution is -0.141. The number of nitrogens with one attached hydrogen (secondary N) is 3. The highest BCUT2D eigenvalue weighted by molar-refractivity contribution is 8.23. The van der Waals surface area contributed by atoms with Gasteiger partial charge in [-0.15, -0.1) is 0 Å². The predicted octanol–water partition coefficient (Wildman–Crippen LogP) is -1.14. The normalized spacial score (nSPS) is 11.3. The molecule has 0 heterocycles. The third-order valence-corrected chi connectivity index (χ3v) is 7.67. The Bertz CT molecular complexity index is 900. The SMILES string of the molecule is C.CCCC#N.CNC([B]S)C(=O)OC.CNC([B]SCCN)C(=O)OC.NCCS[B]C(N)C(=O)O.[C-]#[N+]CCS[B]C(NC)C(=O)OC. The zero-order chi connectivity index (χ0) is 38.9. The predicted molar refractivity (Wildman–Crippen MR) is 216 cm³/mol. The number of unbranched alkanes of at least 4 members (excludes halogenated alkanes) is 1. The van der Waals surface area contributed by atoms with Crippen LogP contribution in [0.15, 0.2) is 0 Å². The van der Waals surface area contributed by atoms with Crippen LogP contribution in [0.1, 0.15) is 27.2 Å². The van der Waals surface area contributed by atoms with E-state index in [9.17, 15) is 19.2 Å². The highest BCUT2D eigenvalue weighted by Crippen LogP contribution is 2.01. The third kappa shape index (κ3) is 44.3. The number of carbonyl (C=O) groups is 4. The van der Waals surface area contributed by atoms with Crippen LogP contribution in [0.3, 0.4) is 0 Å². The largest absolute Gasteiger partial charge is 0.481 e. The second-order valence-electron chi connectivity index (χ2n) is 8.27. The van der Waals surface area contributed by atoms with Gasteiger partial charge >= 0.3 is 23.9 Å². The standard InChI is InChI=1S/C7H12BN2O2S.C6H14BN2O2S.C4H10BN2O2S.C4H9BNO2S.C4H7N.CH4/c1-9-4-5-13-8-6(10-2)7(11)12-3;1-9-5(6(10)11-2)7-12-4-3-8;6-1-2-10-5-3(7)4(8)9;1-6-3(5-9)4(7)8-2;1-2-3-4-5;/h6,10H,4-5H2,2-3H3;5,9H,3-4,8H2,1-2H3;3H,1-2,6-7H2,(H,8,9);3,6,9H,1-2H3;2-3H2,1H3;1H4. The average molecular weight is 780 g/mol. The zero-order valence-electron chi connectivity index (χ0n) is 29.4. The van der Waals surface area contributed by atoms with Gasteiger partial charge in [0, 0.05) is 19.5 Å². The van der Waals surface area contributed by atoms with Gasteiger partial charge in [-0.25, -0.2) is 53.9 Å². The summed E-state index contributed by atoms with van der Waals surface area (Å²) in [6, 6.07) is 2.02. The number of hydrogen-bond donors (Lipinski definition) is 8. The fourth-order valence-corrected chi connectivity index (χ4v) is 4.37. The number of carbonyl (C=O) groups excluding carboxylic acids is 3. The number of aliphatic carboxylic acids is 1. The lowest BCUT2D eigenvalue weighted by Gasteiger charge is -2.11. The first-order chi connectivity index (χ1) is 23.4. The van der Waals surface area contributed by atoms with E-state index in [1.807, 2.05) is 13.0 Å². The third-order valence-electron chi connectivity index (χ3n) is 4.59. The number of carboxylic acids is 1. The topological polar surface area (TPSA) is 258 Å². The van der Waals surface area contributed by atoms with Gasteiger partial charge in [0.1, 0.15) is 0 Å². The van der Waals surface area contributed by atoms with Gasteiger partial charge in [0.2, 0.25) is 32.8 Å². The summed E-state index contributed by atoms with van der Waals surface area (Å²) in [6.45, 7) is 16.6. The van der Waals surface area contributed by atoms with Crippen LogP contribution in [-0.4, -0.2) is 158 Å².